The number of hydrogen-bond acceptors (Lipinski definition) is 8. The smallest absolute Gasteiger partial charge is 0.333 e. The van der Waals surface area contributed by atoms with Gasteiger partial charge in [-0.05, 0) is 40.5 Å². The van der Waals surface area contributed by atoms with Crippen LogP contribution in [0, 0.1) is 11.8 Å². The molecule has 30 heavy (non-hydrogen) atoms. The summed E-state index contributed by atoms with van der Waals surface area (Å²) in [6.07, 6.45) is 3.17. The molecule has 4 unspecified atom stereocenters. The molecular formula is C22H30O8. The monoisotopic (exact) mass is 422 g/mol. The number of hydrogen-bond donors (Lipinski definition) is 0. The lowest BCUT2D eigenvalue weighted by Gasteiger charge is -2.25. The molecule has 0 heterocycles. The highest BCUT2D eigenvalue weighted by Crippen LogP contribution is 2.27. The van der Waals surface area contributed by atoms with Crippen LogP contribution in [0.4, 0.5) is 0 Å². The Morgan fingerprint density at radius 1 is 0.900 bits per heavy atom. The summed E-state index contributed by atoms with van der Waals surface area (Å²) in [6, 6.07) is 0. The third-order valence-corrected chi connectivity index (χ3v) is 4.23. The molecule has 0 N–H and O–H groups in total. The summed E-state index contributed by atoms with van der Waals surface area (Å²) >= 11 is 0. The van der Waals surface area contributed by atoms with Crippen LogP contribution in [0.3, 0.4) is 0 Å². The van der Waals surface area contributed by atoms with Crippen LogP contribution in [0.15, 0.2) is 36.5 Å². The zero-order chi connectivity index (χ0) is 22.8. The minimum atomic E-state index is -0.802. The SMILES string of the molecule is C=C(C)C(=O)OC(C)COC(=O)C1C=CCCC1C(=O)OCC(C)OC(=O)C(=C)C. The van der Waals surface area contributed by atoms with Crippen molar-refractivity contribution in [2.75, 3.05) is 13.2 Å². The Hall–Kier alpha value is -2.90. The molecule has 1 rings (SSSR count). The molecule has 1 aliphatic rings. The van der Waals surface area contributed by atoms with E-state index in [1.165, 1.54) is 13.8 Å². The molecule has 0 saturated carbocycles. The number of carbonyl (C=O) groups excluding carboxylic acids is 4. The average molecular weight is 422 g/mol. The topological polar surface area (TPSA) is 105 Å². The Morgan fingerprint density at radius 2 is 1.37 bits per heavy atom. The minimum absolute atomic E-state index is 0.131. The molecule has 1 aliphatic carbocycles. The summed E-state index contributed by atoms with van der Waals surface area (Å²) in [5, 5.41) is 0. The fourth-order valence-electron chi connectivity index (χ4n) is 2.58. The molecule has 4 atom stereocenters. The largest absolute Gasteiger partial charge is 0.462 e. The molecular weight excluding hydrogens is 392 g/mol. The van der Waals surface area contributed by atoms with Gasteiger partial charge in [0.05, 0.1) is 11.8 Å². The third kappa shape index (κ3) is 8.23. The van der Waals surface area contributed by atoms with Gasteiger partial charge in [-0.2, -0.15) is 0 Å². The highest BCUT2D eigenvalue weighted by atomic mass is 16.6. The van der Waals surface area contributed by atoms with Crippen molar-refractivity contribution in [2.45, 2.75) is 52.7 Å². The van der Waals surface area contributed by atoms with Crippen molar-refractivity contribution in [1.82, 2.24) is 0 Å². The Kier molecular flexibility index (Phi) is 10.0. The molecule has 0 aromatic heterocycles. The highest BCUT2D eigenvalue weighted by molar-refractivity contribution is 5.87. The molecule has 0 aromatic rings. The number of esters is 4. The Labute approximate surface area is 176 Å². The maximum atomic E-state index is 12.5. The lowest BCUT2D eigenvalue weighted by atomic mass is 9.84. The number of rotatable bonds is 10. The van der Waals surface area contributed by atoms with Crippen LogP contribution in [-0.2, 0) is 38.1 Å². The standard InChI is InChI=1S/C22H30O8/c1-13(2)19(23)29-15(5)11-27-21(25)17-9-7-8-10-18(17)22(26)28-12-16(6)30-20(24)14(3)4/h7,9,15-18H,1,3,8,10-12H2,2,4-6H3. The fourth-order valence-corrected chi connectivity index (χ4v) is 2.58. The normalized spacial score (nSPS) is 19.7. The van der Waals surface area contributed by atoms with Gasteiger partial charge in [-0.15, -0.1) is 0 Å². The van der Waals surface area contributed by atoms with E-state index in [2.05, 4.69) is 13.2 Å². The van der Waals surface area contributed by atoms with Crippen molar-refractivity contribution in [3.05, 3.63) is 36.5 Å². The first-order chi connectivity index (χ1) is 14.0. The second-order valence-electron chi connectivity index (χ2n) is 7.39. The van der Waals surface area contributed by atoms with E-state index in [0.717, 1.165) is 0 Å². The number of ether oxygens (including phenoxy) is 4. The van der Waals surface area contributed by atoms with Gasteiger partial charge in [-0.25, -0.2) is 9.59 Å². The molecule has 0 aromatic carbocycles. The van der Waals surface area contributed by atoms with Crippen LogP contribution in [0.2, 0.25) is 0 Å². The van der Waals surface area contributed by atoms with E-state index in [9.17, 15) is 19.2 Å². The Bertz CT molecular complexity index is 721. The Morgan fingerprint density at radius 3 is 1.83 bits per heavy atom. The summed E-state index contributed by atoms with van der Waals surface area (Å²) < 4.78 is 20.6. The lowest BCUT2D eigenvalue weighted by Crippen LogP contribution is -2.35. The van der Waals surface area contributed by atoms with Crippen molar-refractivity contribution in [3.63, 3.8) is 0 Å². The van der Waals surface area contributed by atoms with Gasteiger partial charge in [0.25, 0.3) is 0 Å². The first kappa shape index (κ1) is 25.1. The van der Waals surface area contributed by atoms with Gasteiger partial charge in [0.15, 0.2) is 0 Å². The van der Waals surface area contributed by atoms with E-state index >= 15 is 0 Å². The van der Waals surface area contributed by atoms with Crippen molar-refractivity contribution in [1.29, 1.82) is 0 Å². The van der Waals surface area contributed by atoms with Crippen LogP contribution >= 0.6 is 0 Å². The lowest BCUT2D eigenvalue weighted by molar-refractivity contribution is -0.166. The van der Waals surface area contributed by atoms with E-state index in [4.69, 9.17) is 18.9 Å². The summed E-state index contributed by atoms with van der Waals surface area (Å²) in [6.45, 7) is 12.9. The summed E-state index contributed by atoms with van der Waals surface area (Å²) in [4.78, 5) is 48.0. The zero-order valence-electron chi connectivity index (χ0n) is 18.0. The van der Waals surface area contributed by atoms with Gasteiger partial charge in [-0.3, -0.25) is 9.59 Å². The van der Waals surface area contributed by atoms with Gasteiger partial charge in [0.1, 0.15) is 25.4 Å². The average Bonchev–Trinajstić information content (AvgIpc) is 2.69. The maximum Gasteiger partial charge on any atom is 0.333 e. The zero-order valence-corrected chi connectivity index (χ0v) is 18.0. The molecule has 8 heteroatoms. The molecule has 0 fully saturated rings. The van der Waals surface area contributed by atoms with Gasteiger partial charge < -0.3 is 18.9 Å². The molecule has 0 aliphatic heterocycles. The first-order valence-corrected chi connectivity index (χ1v) is 9.75. The van der Waals surface area contributed by atoms with Gasteiger partial charge in [0.2, 0.25) is 0 Å². The molecule has 0 radical (unpaired) electrons. The molecule has 0 saturated heterocycles. The maximum absolute atomic E-state index is 12.5. The van der Waals surface area contributed by atoms with E-state index in [-0.39, 0.29) is 24.4 Å². The number of allylic oxidation sites excluding steroid dienone is 1. The second kappa shape index (κ2) is 11.9. The highest BCUT2D eigenvalue weighted by Gasteiger charge is 2.36. The van der Waals surface area contributed by atoms with E-state index < -0.39 is 47.9 Å². The molecule has 166 valence electrons. The summed E-state index contributed by atoms with van der Waals surface area (Å²) in [7, 11) is 0. The van der Waals surface area contributed by atoms with Crippen molar-refractivity contribution in [2.24, 2.45) is 11.8 Å². The molecule has 8 nitrogen and oxygen atoms in total. The van der Waals surface area contributed by atoms with Crippen LogP contribution < -0.4 is 0 Å². The quantitative estimate of drug-likeness (QED) is 0.229. The van der Waals surface area contributed by atoms with E-state index in [1.54, 1.807) is 26.0 Å². The first-order valence-electron chi connectivity index (χ1n) is 9.75. The predicted molar refractivity (Wildman–Crippen MR) is 108 cm³/mol. The van der Waals surface area contributed by atoms with Gasteiger partial charge >= 0.3 is 23.9 Å². The fraction of sp³-hybridized carbons (Fsp3) is 0.545. The van der Waals surface area contributed by atoms with Gasteiger partial charge in [0, 0.05) is 11.1 Å². The summed E-state index contributed by atoms with van der Waals surface area (Å²) in [5.41, 5.74) is 0.492. The van der Waals surface area contributed by atoms with Crippen molar-refractivity contribution < 1.29 is 38.1 Å². The van der Waals surface area contributed by atoms with Crippen LogP contribution in [0.1, 0.15) is 40.5 Å². The predicted octanol–water partition coefficient (Wildman–Crippen LogP) is 2.67. The van der Waals surface area contributed by atoms with Crippen LogP contribution in [0.25, 0.3) is 0 Å². The van der Waals surface area contributed by atoms with Crippen molar-refractivity contribution in [3.8, 4) is 0 Å². The summed E-state index contributed by atoms with van der Waals surface area (Å²) in [5.74, 6) is -3.82. The van der Waals surface area contributed by atoms with E-state index in [0.29, 0.717) is 12.8 Å². The van der Waals surface area contributed by atoms with Crippen LogP contribution in [-0.4, -0.2) is 49.3 Å². The molecule has 0 spiro atoms. The van der Waals surface area contributed by atoms with Crippen LogP contribution in [0.5, 0.6) is 0 Å². The minimum Gasteiger partial charge on any atom is -0.462 e. The third-order valence-electron chi connectivity index (χ3n) is 4.23. The van der Waals surface area contributed by atoms with E-state index in [1.807, 2.05) is 0 Å². The second-order valence-corrected chi connectivity index (χ2v) is 7.39. The van der Waals surface area contributed by atoms with Crippen molar-refractivity contribution >= 4 is 23.9 Å². The Balaban J connectivity index is 2.58. The molecule has 0 bridgehead atoms. The molecule has 0 amide bonds. The van der Waals surface area contributed by atoms with Gasteiger partial charge in [-0.1, -0.05) is 25.3 Å². The number of carbonyl (C=O) groups is 4.